The quantitative estimate of drug-likeness (QED) is 0.371. The van der Waals surface area contributed by atoms with Gasteiger partial charge in [0.2, 0.25) is 15.3 Å². The molecule has 0 aliphatic heterocycles. The lowest BCUT2D eigenvalue weighted by Gasteiger charge is -2.22. The van der Waals surface area contributed by atoms with Crippen molar-refractivity contribution < 1.29 is 31.1 Å². The molecule has 0 spiro atoms. The van der Waals surface area contributed by atoms with Gasteiger partial charge in [0, 0.05) is 18.2 Å². The van der Waals surface area contributed by atoms with Crippen molar-refractivity contribution in [1.82, 2.24) is 14.3 Å². The largest absolute Gasteiger partial charge is 0.462 e. The Balaban J connectivity index is 2.37. The van der Waals surface area contributed by atoms with Crippen molar-refractivity contribution in [2.45, 2.75) is 37.5 Å². The van der Waals surface area contributed by atoms with E-state index in [0.29, 0.717) is 0 Å². The summed E-state index contributed by atoms with van der Waals surface area (Å²) in [4.78, 5) is 38.2. The van der Waals surface area contributed by atoms with E-state index in [1.807, 2.05) is 0 Å². The number of carbonyl (C=O) groups excluding carboxylic acids is 1. The van der Waals surface area contributed by atoms with Crippen LogP contribution in [0.4, 0.5) is 13.2 Å². The number of H-pyrrole nitrogens is 1. The fraction of sp³-hybridized carbons (Fsp3) is 0.286. The van der Waals surface area contributed by atoms with Crippen LogP contribution in [0.1, 0.15) is 29.9 Å². The van der Waals surface area contributed by atoms with Gasteiger partial charge in [-0.2, -0.15) is 13.2 Å². The van der Waals surface area contributed by atoms with Crippen LogP contribution >= 0.6 is 39.1 Å². The molecule has 0 saturated carbocycles. The fourth-order valence-electron chi connectivity index (χ4n) is 3.52. The molecule has 2 aromatic heterocycles. The van der Waals surface area contributed by atoms with E-state index in [-0.39, 0.29) is 45.2 Å². The van der Waals surface area contributed by atoms with Crippen molar-refractivity contribution in [2.75, 3.05) is 6.61 Å². The van der Waals surface area contributed by atoms with Gasteiger partial charge in [-0.25, -0.2) is 17.9 Å². The predicted octanol–water partition coefficient (Wildman–Crippen LogP) is 4.72. The van der Waals surface area contributed by atoms with Crippen LogP contribution in [0.2, 0.25) is 10.0 Å². The van der Waals surface area contributed by atoms with Crippen LogP contribution < -0.4 is 11.0 Å². The molecule has 1 N–H and O–H groups in total. The number of sulfone groups is 1. The molecule has 0 fully saturated rings. The van der Waals surface area contributed by atoms with Gasteiger partial charge in [0.15, 0.2) is 10.9 Å². The smallest absolute Gasteiger partial charge is 0.432 e. The highest BCUT2D eigenvalue weighted by molar-refractivity contribution is 9.10. The maximum absolute atomic E-state index is 13.5. The molecule has 0 bridgehead atoms. The number of aromatic nitrogens is 3. The zero-order valence-electron chi connectivity index (χ0n) is 19.0. The predicted molar refractivity (Wildman–Crippen MR) is 133 cm³/mol. The minimum absolute atomic E-state index is 0.0361. The van der Waals surface area contributed by atoms with E-state index in [2.05, 4.69) is 15.9 Å². The Morgan fingerprint density at radius 3 is 2.30 bits per heavy atom. The van der Waals surface area contributed by atoms with Gasteiger partial charge in [0.25, 0.3) is 5.56 Å². The maximum Gasteiger partial charge on any atom is 0.432 e. The third-order valence-corrected chi connectivity index (χ3v) is 8.39. The summed E-state index contributed by atoms with van der Waals surface area (Å²) >= 11 is 15.0. The van der Waals surface area contributed by atoms with Crippen molar-refractivity contribution in [1.29, 1.82) is 0 Å². The molecule has 3 rings (SSSR count). The molecule has 0 aliphatic carbocycles. The third kappa shape index (κ3) is 5.66. The van der Waals surface area contributed by atoms with E-state index in [9.17, 15) is 36.0 Å². The standard InChI is InChI=1S/C21H17BrCl2F3N3O6S/c1-3-29-17(10-5-6-11(23)12(24)7-10)15(20(33)36-4-2)18(32)16(22)19(29)37(34,35)9-30-14(31)8-13(28-30)21(25,26)27/h5-8,28H,3-4,9H2,1-2H3. The summed E-state index contributed by atoms with van der Waals surface area (Å²) < 4.78 is 71.7. The van der Waals surface area contributed by atoms with E-state index in [0.717, 1.165) is 4.57 Å². The van der Waals surface area contributed by atoms with Gasteiger partial charge in [-0.3, -0.25) is 14.7 Å². The summed E-state index contributed by atoms with van der Waals surface area (Å²) in [5.41, 5.74) is -4.32. The minimum Gasteiger partial charge on any atom is -0.462 e. The SMILES string of the molecule is CCOC(=O)c1c(-c2ccc(Cl)c(Cl)c2)n(CC)c(S(=O)(=O)Cn2[nH]c(C(F)(F)F)cc2=O)c(Br)c1=O. The molecule has 0 aliphatic rings. The van der Waals surface area contributed by atoms with Crippen LogP contribution in [-0.4, -0.2) is 35.3 Å². The number of alkyl halides is 3. The lowest BCUT2D eigenvalue weighted by molar-refractivity contribution is -0.141. The molecular weight excluding hydrogens is 630 g/mol. The molecule has 200 valence electrons. The minimum atomic E-state index is -4.93. The van der Waals surface area contributed by atoms with Crippen molar-refractivity contribution in [3.8, 4) is 11.3 Å². The maximum atomic E-state index is 13.5. The number of hydrogen-bond donors (Lipinski definition) is 1. The monoisotopic (exact) mass is 645 g/mol. The van der Waals surface area contributed by atoms with Crippen LogP contribution in [0, 0.1) is 0 Å². The van der Waals surface area contributed by atoms with Gasteiger partial charge in [0.1, 0.15) is 15.7 Å². The molecule has 0 saturated heterocycles. The second-order valence-electron chi connectivity index (χ2n) is 7.44. The molecule has 1 aromatic carbocycles. The summed E-state index contributed by atoms with van der Waals surface area (Å²) in [6.45, 7) is 2.78. The average Bonchev–Trinajstić information content (AvgIpc) is 3.16. The first kappa shape index (κ1) is 29.0. The van der Waals surface area contributed by atoms with Gasteiger partial charge in [-0.05, 0) is 41.9 Å². The Morgan fingerprint density at radius 1 is 1.14 bits per heavy atom. The van der Waals surface area contributed by atoms with E-state index >= 15 is 0 Å². The number of ether oxygens (including phenoxy) is 1. The normalized spacial score (nSPS) is 12.1. The molecule has 0 radical (unpaired) electrons. The number of hydrogen-bond acceptors (Lipinski definition) is 6. The Hall–Kier alpha value is -2.55. The molecule has 3 aromatic rings. The van der Waals surface area contributed by atoms with Crippen LogP contribution in [0.25, 0.3) is 11.3 Å². The zero-order valence-corrected chi connectivity index (χ0v) is 22.9. The van der Waals surface area contributed by atoms with Crippen LogP contribution in [-0.2, 0) is 33.2 Å². The molecular formula is C21H17BrCl2F3N3O6S. The van der Waals surface area contributed by atoms with Crippen molar-refractivity contribution in [2.24, 2.45) is 0 Å². The van der Waals surface area contributed by atoms with Gasteiger partial charge in [-0.1, -0.05) is 29.3 Å². The first-order valence-electron chi connectivity index (χ1n) is 10.3. The lowest BCUT2D eigenvalue weighted by atomic mass is 10.0. The zero-order chi connectivity index (χ0) is 27.9. The summed E-state index contributed by atoms with van der Waals surface area (Å²) in [5.74, 6) is -2.31. The number of pyridine rings is 1. The topological polar surface area (TPSA) is 120 Å². The van der Waals surface area contributed by atoms with Crippen LogP contribution in [0.3, 0.4) is 0 Å². The number of rotatable bonds is 7. The van der Waals surface area contributed by atoms with E-state index in [1.54, 1.807) is 5.10 Å². The van der Waals surface area contributed by atoms with Crippen LogP contribution in [0.15, 0.2) is 43.4 Å². The highest BCUT2D eigenvalue weighted by Crippen LogP contribution is 2.34. The number of benzene rings is 1. The first-order chi connectivity index (χ1) is 17.1. The number of carbonyl (C=O) groups is 1. The Bertz CT molecular complexity index is 1610. The number of halogens is 6. The van der Waals surface area contributed by atoms with Crippen molar-refractivity contribution in [3.05, 3.63) is 70.6 Å². The number of nitrogens with zero attached hydrogens (tertiary/aromatic N) is 2. The highest BCUT2D eigenvalue weighted by atomic mass is 79.9. The number of nitrogens with one attached hydrogen (secondary N) is 1. The molecule has 0 atom stereocenters. The summed E-state index contributed by atoms with van der Waals surface area (Å²) in [5, 5.41) is 1.22. The van der Waals surface area contributed by atoms with Crippen molar-refractivity contribution in [3.63, 3.8) is 0 Å². The molecule has 0 unspecified atom stereocenters. The van der Waals surface area contributed by atoms with E-state index < -0.39 is 59.6 Å². The highest BCUT2D eigenvalue weighted by Gasteiger charge is 2.36. The second kappa shape index (κ2) is 10.7. The Kier molecular flexibility index (Phi) is 8.37. The molecule has 37 heavy (non-hydrogen) atoms. The molecule has 9 nitrogen and oxygen atoms in total. The van der Waals surface area contributed by atoms with E-state index in [4.69, 9.17) is 27.9 Å². The average molecular weight is 647 g/mol. The molecule has 0 amide bonds. The first-order valence-corrected chi connectivity index (χ1v) is 13.5. The van der Waals surface area contributed by atoms with Crippen LogP contribution in [0.5, 0.6) is 0 Å². The van der Waals surface area contributed by atoms with Gasteiger partial charge in [0.05, 0.1) is 22.3 Å². The lowest BCUT2D eigenvalue weighted by Crippen LogP contribution is -2.30. The fourth-order valence-corrected chi connectivity index (χ4v) is 6.54. The number of esters is 1. The Labute approximate surface area is 225 Å². The van der Waals surface area contributed by atoms with Gasteiger partial charge in [-0.15, -0.1) is 0 Å². The van der Waals surface area contributed by atoms with Crippen molar-refractivity contribution >= 4 is 54.9 Å². The summed E-state index contributed by atoms with van der Waals surface area (Å²) in [7, 11) is -4.70. The summed E-state index contributed by atoms with van der Waals surface area (Å²) in [6.07, 6.45) is -4.93. The number of aromatic amines is 1. The van der Waals surface area contributed by atoms with E-state index in [1.165, 1.54) is 32.0 Å². The third-order valence-electron chi connectivity index (χ3n) is 5.04. The molecule has 16 heteroatoms. The second-order valence-corrected chi connectivity index (χ2v) is 10.9. The van der Waals surface area contributed by atoms with Gasteiger partial charge < -0.3 is 9.30 Å². The molecule has 2 heterocycles. The van der Waals surface area contributed by atoms with Gasteiger partial charge >= 0.3 is 12.1 Å². The summed E-state index contributed by atoms with van der Waals surface area (Å²) in [6, 6.07) is 4.28. The Morgan fingerprint density at radius 2 is 1.78 bits per heavy atom.